The number of benzene rings is 2. The topological polar surface area (TPSA) is 124 Å². The number of aromatic nitrogens is 8. The fourth-order valence-electron chi connectivity index (χ4n) is 4.11. The molecule has 3 aromatic heterocycles. The zero-order valence-electron chi connectivity index (χ0n) is 20.6. The van der Waals surface area contributed by atoms with E-state index in [-0.39, 0.29) is 5.69 Å². The highest BCUT2D eigenvalue weighted by Gasteiger charge is 2.14. The summed E-state index contributed by atoms with van der Waals surface area (Å²) in [6.07, 6.45) is 7.93. The van der Waals surface area contributed by atoms with Gasteiger partial charge in [-0.2, -0.15) is 5.21 Å². The van der Waals surface area contributed by atoms with Crippen molar-refractivity contribution >= 4 is 5.97 Å². The first-order valence-electron chi connectivity index (χ1n) is 12.0. The van der Waals surface area contributed by atoms with E-state index >= 15 is 0 Å². The highest BCUT2D eigenvalue weighted by Crippen LogP contribution is 2.30. The summed E-state index contributed by atoms with van der Waals surface area (Å²) < 4.78 is 6.86. The average Bonchev–Trinajstić information content (AvgIpc) is 3.63. The molecule has 10 heteroatoms. The monoisotopic (exact) mass is 494 g/mol. The predicted octanol–water partition coefficient (Wildman–Crippen LogP) is 4.36. The Morgan fingerprint density at radius 3 is 2.49 bits per heavy atom. The SMILES string of the molecule is CCCCc1nc(-c2cnc(C(=O)OC)cn2)cn1Cc1ccc(-c2ccccc2-c2nn[nH]n2)cc1. The summed E-state index contributed by atoms with van der Waals surface area (Å²) in [6.45, 7) is 2.84. The molecule has 3 heterocycles. The lowest BCUT2D eigenvalue weighted by atomic mass is 9.98. The standard InChI is InChI=1S/C27H26N8O2/c1-3-4-9-25-30-24(22-14-29-23(15-28-22)27(36)37-2)17-35(25)16-18-10-12-19(13-11-18)20-7-5-6-8-21(20)26-31-33-34-32-26/h5-8,10-15,17H,3-4,9,16H2,1-2H3,(H,31,32,33,34). The number of hydrogen-bond acceptors (Lipinski definition) is 8. The Morgan fingerprint density at radius 1 is 1.00 bits per heavy atom. The highest BCUT2D eigenvalue weighted by atomic mass is 16.5. The average molecular weight is 495 g/mol. The van der Waals surface area contributed by atoms with Crippen molar-refractivity contribution in [2.24, 2.45) is 0 Å². The molecule has 0 spiro atoms. The third-order valence-corrected chi connectivity index (χ3v) is 6.05. The molecule has 5 rings (SSSR count). The smallest absolute Gasteiger partial charge is 0.358 e. The van der Waals surface area contributed by atoms with Crippen molar-refractivity contribution in [1.82, 2.24) is 40.1 Å². The molecule has 0 saturated carbocycles. The van der Waals surface area contributed by atoms with Gasteiger partial charge in [-0.25, -0.2) is 14.8 Å². The third-order valence-electron chi connectivity index (χ3n) is 6.05. The van der Waals surface area contributed by atoms with E-state index in [1.807, 2.05) is 24.4 Å². The van der Waals surface area contributed by atoms with Crippen molar-refractivity contribution < 1.29 is 9.53 Å². The normalized spacial score (nSPS) is 11.0. The minimum atomic E-state index is -0.517. The summed E-state index contributed by atoms with van der Waals surface area (Å²) in [5, 5.41) is 14.5. The first kappa shape index (κ1) is 24.0. The molecule has 0 aliphatic heterocycles. The van der Waals surface area contributed by atoms with Gasteiger partial charge in [-0.15, -0.1) is 10.2 Å². The van der Waals surface area contributed by atoms with Crippen molar-refractivity contribution in [3.63, 3.8) is 0 Å². The van der Waals surface area contributed by atoms with Crippen LogP contribution < -0.4 is 0 Å². The van der Waals surface area contributed by atoms with Gasteiger partial charge in [-0.3, -0.25) is 4.98 Å². The van der Waals surface area contributed by atoms with Gasteiger partial charge < -0.3 is 9.30 Å². The number of tetrazole rings is 1. The van der Waals surface area contributed by atoms with Crippen LogP contribution in [-0.2, 0) is 17.7 Å². The quantitative estimate of drug-likeness (QED) is 0.300. The van der Waals surface area contributed by atoms with E-state index in [4.69, 9.17) is 9.72 Å². The number of methoxy groups -OCH3 is 1. The molecule has 186 valence electrons. The zero-order chi connectivity index (χ0) is 25.6. The Morgan fingerprint density at radius 2 is 1.81 bits per heavy atom. The molecular formula is C27H26N8O2. The maximum atomic E-state index is 11.7. The molecule has 0 fully saturated rings. The first-order chi connectivity index (χ1) is 18.2. The van der Waals surface area contributed by atoms with Crippen molar-refractivity contribution in [2.45, 2.75) is 32.7 Å². The van der Waals surface area contributed by atoms with Crippen LogP contribution in [0, 0.1) is 0 Å². The maximum absolute atomic E-state index is 11.7. The van der Waals surface area contributed by atoms with Crippen LogP contribution in [0.15, 0.2) is 67.1 Å². The van der Waals surface area contributed by atoms with E-state index in [0.29, 0.717) is 18.1 Å². The summed E-state index contributed by atoms with van der Waals surface area (Å²) >= 11 is 0. The largest absolute Gasteiger partial charge is 0.464 e. The lowest BCUT2D eigenvalue weighted by Crippen LogP contribution is -2.04. The fourth-order valence-corrected chi connectivity index (χ4v) is 4.11. The second kappa shape index (κ2) is 10.9. The second-order valence-electron chi connectivity index (χ2n) is 8.53. The molecule has 5 aromatic rings. The van der Waals surface area contributed by atoms with Crippen LogP contribution in [0.2, 0.25) is 0 Å². The van der Waals surface area contributed by atoms with Crippen LogP contribution in [-0.4, -0.2) is 53.2 Å². The summed E-state index contributed by atoms with van der Waals surface area (Å²) in [5.74, 6) is 1.03. The minimum Gasteiger partial charge on any atom is -0.464 e. The molecule has 0 saturated heterocycles. The van der Waals surface area contributed by atoms with Crippen molar-refractivity contribution in [3.8, 4) is 33.9 Å². The summed E-state index contributed by atoms with van der Waals surface area (Å²) in [5.41, 5.74) is 5.68. The van der Waals surface area contributed by atoms with E-state index < -0.39 is 5.97 Å². The van der Waals surface area contributed by atoms with Gasteiger partial charge in [0.1, 0.15) is 17.2 Å². The van der Waals surface area contributed by atoms with Gasteiger partial charge in [0.2, 0.25) is 5.82 Å². The maximum Gasteiger partial charge on any atom is 0.358 e. The van der Waals surface area contributed by atoms with Crippen LogP contribution in [0.25, 0.3) is 33.9 Å². The molecule has 0 radical (unpaired) electrons. The summed E-state index contributed by atoms with van der Waals surface area (Å²) in [4.78, 5) is 25.1. The fraction of sp³-hybridized carbons (Fsp3) is 0.222. The first-order valence-corrected chi connectivity index (χ1v) is 12.0. The summed E-state index contributed by atoms with van der Waals surface area (Å²) in [7, 11) is 1.32. The van der Waals surface area contributed by atoms with Crippen LogP contribution in [0.4, 0.5) is 0 Å². The highest BCUT2D eigenvalue weighted by molar-refractivity contribution is 5.86. The number of aromatic amines is 1. The lowest BCUT2D eigenvalue weighted by Gasteiger charge is -2.10. The number of carbonyl (C=O) groups excluding carboxylic acids is 1. The van der Waals surface area contributed by atoms with Crippen molar-refractivity contribution in [2.75, 3.05) is 7.11 Å². The number of ether oxygens (including phenoxy) is 1. The number of imidazole rings is 1. The van der Waals surface area contributed by atoms with Gasteiger partial charge in [-0.1, -0.05) is 61.9 Å². The van der Waals surface area contributed by atoms with E-state index in [0.717, 1.165) is 53.0 Å². The van der Waals surface area contributed by atoms with Gasteiger partial charge in [-0.05, 0) is 28.3 Å². The van der Waals surface area contributed by atoms with E-state index in [9.17, 15) is 4.79 Å². The number of esters is 1. The summed E-state index contributed by atoms with van der Waals surface area (Å²) in [6, 6.07) is 16.5. The van der Waals surface area contributed by atoms with E-state index in [2.05, 4.69) is 72.4 Å². The van der Waals surface area contributed by atoms with E-state index in [1.54, 1.807) is 6.20 Å². The molecule has 2 aromatic carbocycles. The predicted molar refractivity (Wildman–Crippen MR) is 137 cm³/mol. The zero-order valence-corrected chi connectivity index (χ0v) is 20.6. The molecule has 0 atom stereocenters. The van der Waals surface area contributed by atoms with Crippen LogP contribution in [0.5, 0.6) is 0 Å². The number of hydrogen-bond donors (Lipinski definition) is 1. The number of H-pyrrole nitrogens is 1. The van der Waals surface area contributed by atoms with Gasteiger partial charge in [0.05, 0.1) is 19.5 Å². The molecule has 0 unspecified atom stereocenters. The Bertz CT molecular complexity index is 1480. The van der Waals surface area contributed by atoms with Crippen LogP contribution >= 0.6 is 0 Å². The van der Waals surface area contributed by atoms with Gasteiger partial charge in [0.25, 0.3) is 0 Å². The molecule has 10 nitrogen and oxygen atoms in total. The Kier molecular flexibility index (Phi) is 7.07. The number of unbranched alkanes of at least 4 members (excludes halogenated alkanes) is 1. The number of nitrogens with one attached hydrogen (secondary N) is 1. The van der Waals surface area contributed by atoms with Gasteiger partial charge in [0, 0.05) is 24.7 Å². The minimum absolute atomic E-state index is 0.165. The number of aryl methyl sites for hydroxylation is 1. The third kappa shape index (κ3) is 5.27. The molecule has 0 aliphatic rings. The van der Waals surface area contributed by atoms with E-state index in [1.165, 1.54) is 13.3 Å². The number of rotatable bonds is 9. The van der Waals surface area contributed by atoms with Gasteiger partial charge in [0.15, 0.2) is 5.69 Å². The van der Waals surface area contributed by atoms with Gasteiger partial charge >= 0.3 is 5.97 Å². The Labute approximate surface area is 213 Å². The van der Waals surface area contributed by atoms with Crippen LogP contribution in [0.3, 0.4) is 0 Å². The molecule has 0 amide bonds. The molecule has 0 aliphatic carbocycles. The molecular weight excluding hydrogens is 468 g/mol. The molecule has 1 N–H and O–H groups in total. The Hall–Kier alpha value is -4.73. The number of nitrogens with zero attached hydrogens (tertiary/aromatic N) is 7. The van der Waals surface area contributed by atoms with Crippen molar-refractivity contribution in [3.05, 3.63) is 84.2 Å². The second-order valence-corrected chi connectivity index (χ2v) is 8.53. The van der Waals surface area contributed by atoms with Crippen molar-refractivity contribution in [1.29, 1.82) is 0 Å². The molecule has 37 heavy (non-hydrogen) atoms. The lowest BCUT2D eigenvalue weighted by molar-refractivity contribution is 0.0593. The molecule has 0 bridgehead atoms. The van der Waals surface area contributed by atoms with Crippen LogP contribution in [0.1, 0.15) is 41.6 Å². The number of carbonyl (C=O) groups is 1. The Balaban J connectivity index is 1.40.